The molecule has 0 spiro atoms. The van der Waals surface area contributed by atoms with Crippen LogP contribution in [-0.2, 0) is 4.84 Å². The number of rotatable bonds is 4. The lowest BCUT2D eigenvalue weighted by molar-refractivity contribution is 0.0265. The zero-order valence-electron chi connectivity index (χ0n) is 9.80. The van der Waals surface area contributed by atoms with Crippen molar-refractivity contribution in [1.29, 1.82) is 0 Å². The Morgan fingerprint density at radius 2 is 2.29 bits per heavy atom. The fraction of sp³-hybridized carbons (Fsp3) is 0.500. The molecule has 1 heterocycles. The van der Waals surface area contributed by atoms with Crippen molar-refractivity contribution < 1.29 is 14.0 Å². The summed E-state index contributed by atoms with van der Waals surface area (Å²) in [4.78, 5) is 4.94. The third kappa shape index (κ3) is 2.25. The first-order chi connectivity index (χ1) is 8.19. The molecule has 0 radical (unpaired) electrons. The highest BCUT2D eigenvalue weighted by Gasteiger charge is 2.36. The van der Waals surface area contributed by atoms with Gasteiger partial charge in [-0.3, -0.25) is 0 Å². The van der Waals surface area contributed by atoms with E-state index in [9.17, 15) is 4.39 Å². The van der Waals surface area contributed by atoms with E-state index in [1.54, 1.807) is 6.07 Å². The maximum Gasteiger partial charge on any atom is 0.183 e. The molecule has 2 unspecified atom stereocenters. The Morgan fingerprint density at radius 1 is 1.53 bits per heavy atom. The average molecular weight is 260 g/mol. The van der Waals surface area contributed by atoms with Crippen molar-refractivity contribution in [3.05, 3.63) is 28.5 Å². The summed E-state index contributed by atoms with van der Waals surface area (Å²) in [5.74, 6) is -0.254. The molecule has 0 saturated carbocycles. The topological polar surface area (TPSA) is 30.5 Å². The van der Waals surface area contributed by atoms with Gasteiger partial charge in [-0.15, -0.1) is 0 Å². The van der Waals surface area contributed by atoms with Gasteiger partial charge in [-0.1, -0.05) is 31.0 Å². The zero-order valence-corrected chi connectivity index (χ0v) is 10.6. The summed E-state index contributed by atoms with van der Waals surface area (Å²) < 4.78 is 19.4. The summed E-state index contributed by atoms with van der Waals surface area (Å²) >= 11 is 5.74. The van der Waals surface area contributed by atoms with Crippen molar-refractivity contribution in [1.82, 2.24) is 5.48 Å². The second-order valence-electron chi connectivity index (χ2n) is 4.02. The lowest BCUT2D eigenvalue weighted by atomic mass is 10.0. The number of ether oxygens (including phenoxy) is 1. The SMILES string of the molecule is CCCC1Oc2c(ccc(Cl)c2F)C1NOC. The Balaban J connectivity index is 2.35. The van der Waals surface area contributed by atoms with E-state index in [-0.39, 0.29) is 22.9 Å². The first-order valence-electron chi connectivity index (χ1n) is 5.62. The Morgan fingerprint density at radius 3 is 2.94 bits per heavy atom. The van der Waals surface area contributed by atoms with Gasteiger partial charge in [0.25, 0.3) is 0 Å². The van der Waals surface area contributed by atoms with Crippen LogP contribution in [0.4, 0.5) is 4.39 Å². The third-order valence-corrected chi connectivity index (χ3v) is 3.17. The summed E-state index contributed by atoms with van der Waals surface area (Å²) in [5.41, 5.74) is 3.60. The van der Waals surface area contributed by atoms with Gasteiger partial charge >= 0.3 is 0 Å². The van der Waals surface area contributed by atoms with Gasteiger partial charge in [0.05, 0.1) is 18.2 Å². The van der Waals surface area contributed by atoms with E-state index < -0.39 is 5.82 Å². The van der Waals surface area contributed by atoms with Gasteiger partial charge in [-0.05, 0) is 12.5 Å². The van der Waals surface area contributed by atoms with E-state index in [1.807, 2.05) is 0 Å². The molecule has 0 aliphatic carbocycles. The van der Waals surface area contributed by atoms with E-state index in [1.165, 1.54) is 13.2 Å². The van der Waals surface area contributed by atoms with Crippen molar-refractivity contribution in [2.24, 2.45) is 0 Å². The molecule has 0 amide bonds. The minimum atomic E-state index is -0.495. The summed E-state index contributed by atoms with van der Waals surface area (Å²) in [7, 11) is 1.53. The molecule has 1 aromatic carbocycles. The third-order valence-electron chi connectivity index (χ3n) is 2.87. The first kappa shape index (κ1) is 12.6. The van der Waals surface area contributed by atoms with Gasteiger partial charge < -0.3 is 9.57 Å². The van der Waals surface area contributed by atoms with Crippen LogP contribution in [-0.4, -0.2) is 13.2 Å². The number of nitrogens with one attached hydrogen (secondary N) is 1. The normalized spacial score (nSPS) is 22.4. The molecule has 0 bridgehead atoms. The number of benzene rings is 1. The molecular formula is C12H15ClFNO2. The maximum absolute atomic E-state index is 13.8. The molecule has 0 saturated heterocycles. The molecular weight excluding hydrogens is 245 g/mol. The van der Waals surface area contributed by atoms with Crippen LogP contribution in [0, 0.1) is 5.82 Å². The largest absolute Gasteiger partial charge is 0.485 e. The molecule has 2 atom stereocenters. The van der Waals surface area contributed by atoms with Crippen LogP contribution in [0.15, 0.2) is 12.1 Å². The fourth-order valence-corrected chi connectivity index (χ4v) is 2.26. The van der Waals surface area contributed by atoms with Crippen molar-refractivity contribution in [3.63, 3.8) is 0 Å². The molecule has 3 nitrogen and oxygen atoms in total. The van der Waals surface area contributed by atoms with Crippen LogP contribution in [0.2, 0.25) is 5.02 Å². The molecule has 17 heavy (non-hydrogen) atoms. The Bertz CT molecular complexity index is 414. The Labute approximate surface area is 105 Å². The molecule has 1 aromatic rings. The minimum Gasteiger partial charge on any atom is -0.485 e. The Kier molecular flexibility index (Phi) is 3.86. The minimum absolute atomic E-state index is 0.0806. The quantitative estimate of drug-likeness (QED) is 0.842. The molecule has 0 fully saturated rings. The monoisotopic (exact) mass is 259 g/mol. The molecule has 0 aromatic heterocycles. The maximum atomic E-state index is 13.8. The molecule has 1 N–H and O–H groups in total. The van der Waals surface area contributed by atoms with E-state index in [0.717, 1.165) is 18.4 Å². The lowest BCUT2D eigenvalue weighted by Crippen LogP contribution is -2.30. The van der Waals surface area contributed by atoms with E-state index in [4.69, 9.17) is 21.2 Å². The number of halogens is 2. The number of fused-ring (bicyclic) bond motifs is 1. The van der Waals surface area contributed by atoms with Gasteiger partial charge in [0, 0.05) is 5.56 Å². The van der Waals surface area contributed by atoms with Gasteiger partial charge in [0.1, 0.15) is 6.10 Å². The standard InChI is InChI=1S/C12H15ClFNO2/c1-3-4-9-11(15-16-2)7-5-6-8(13)10(14)12(7)17-9/h5-6,9,11,15H,3-4H2,1-2H3. The van der Waals surface area contributed by atoms with Crippen molar-refractivity contribution in [2.75, 3.05) is 7.11 Å². The number of hydrogen-bond donors (Lipinski definition) is 1. The van der Waals surface area contributed by atoms with Gasteiger partial charge in [0.15, 0.2) is 11.6 Å². The van der Waals surface area contributed by atoms with E-state index in [2.05, 4.69) is 12.4 Å². The molecule has 1 aliphatic rings. The van der Waals surface area contributed by atoms with Gasteiger partial charge in [-0.25, -0.2) is 4.39 Å². The van der Waals surface area contributed by atoms with Crippen molar-refractivity contribution in [3.8, 4) is 5.75 Å². The predicted molar refractivity (Wildman–Crippen MR) is 63.6 cm³/mol. The predicted octanol–water partition coefficient (Wildman–Crippen LogP) is 3.23. The molecule has 5 heteroatoms. The lowest BCUT2D eigenvalue weighted by Gasteiger charge is -2.18. The summed E-state index contributed by atoms with van der Waals surface area (Å²) in [6.07, 6.45) is 1.66. The van der Waals surface area contributed by atoms with Gasteiger partial charge in [0.2, 0.25) is 0 Å². The molecule has 94 valence electrons. The van der Waals surface area contributed by atoms with Crippen LogP contribution in [0.25, 0.3) is 0 Å². The second-order valence-corrected chi connectivity index (χ2v) is 4.43. The van der Waals surface area contributed by atoms with E-state index in [0.29, 0.717) is 0 Å². The van der Waals surface area contributed by atoms with Crippen LogP contribution in [0.1, 0.15) is 31.4 Å². The highest BCUT2D eigenvalue weighted by atomic mass is 35.5. The summed E-state index contributed by atoms with van der Waals surface area (Å²) in [5, 5.41) is 0.0806. The van der Waals surface area contributed by atoms with Crippen molar-refractivity contribution >= 4 is 11.6 Å². The average Bonchev–Trinajstić information content (AvgIpc) is 2.65. The second kappa shape index (κ2) is 5.21. The highest BCUT2D eigenvalue weighted by molar-refractivity contribution is 6.30. The van der Waals surface area contributed by atoms with Gasteiger partial charge in [-0.2, -0.15) is 5.48 Å². The Hall–Kier alpha value is -0.840. The van der Waals surface area contributed by atoms with Crippen LogP contribution < -0.4 is 10.2 Å². The smallest absolute Gasteiger partial charge is 0.183 e. The number of hydroxylamine groups is 1. The molecule has 1 aliphatic heterocycles. The summed E-state index contributed by atoms with van der Waals surface area (Å²) in [6, 6.07) is 3.16. The fourth-order valence-electron chi connectivity index (χ4n) is 2.11. The number of hydrogen-bond acceptors (Lipinski definition) is 3. The zero-order chi connectivity index (χ0) is 12.4. The van der Waals surface area contributed by atoms with Crippen LogP contribution in [0.3, 0.4) is 0 Å². The van der Waals surface area contributed by atoms with Crippen molar-refractivity contribution in [2.45, 2.75) is 31.9 Å². The van der Waals surface area contributed by atoms with E-state index >= 15 is 0 Å². The highest BCUT2D eigenvalue weighted by Crippen LogP contribution is 2.42. The van der Waals surface area contributed by atoms with Crippen LogP contribution >= 0.6 is 11.6 Å². The summed E-state index contributed by atoms with van der Waals surface area (Å²) in [6.45, 7) is 2.06. The van der Waals surface area contributed by atoms with Crippen LogP contribution in [0.5, 0.6) is 5.75 Å². The molecule has 2 rings (SSSR count). The first-order valence-corrected chi connectivity index (χ1v) is 5.99.